The largest absolute Gasteiger partial charge is 0.348 e. The number of hydrogen-bond acceptors (Lipinski definition) is 2. The number of fused-ring (bicyclic) bond motifs is 1. The fourth-order valence-corrected chi connectivity index (χ4v) is 1.86. The lowest BCUT2D eigenvalue weighted by Crippen LogP contribution is -2.33. The highest BCUT2D eigenvalue weighted by molar-refractivity contribution is 5.95. The van der Waals surface area contributed by atoms with Gasteiger partial charge in [-0.25, -0.2) is 0 Å². The topological polar surface area (TPSA) is 57.3 Å². The fourth-order valence-electron chi connectivity index (χ4n) is 1.86. The predicted octanol–water partition coefficient (Wildman–Crippen LogP) is 2.36. The third-order valence-electron chi connectivity index (χ3n) is 2.93. The summed E-state index contributed by atoms with van der Waals surface area (Å²) in [5.74, 6) is -0.124. The third kappa shape index (κ3) is 2.51. The second kappa shape index (κ2) is 5.37. The van der Waals surface area contributed by atoms with E-state index < -0.39 is 0 Å². The van der Waals surface area contributed by atoms with Gasteiger partial charge in [-0.3, -0.25) is 4.79 Å². The quantitative estimate of drug-likeness (QED) is 0.893. The van der Waals surface area contributed by atoms with E-state index in [0.717, 1.165) is 11.9 Å². The van der Waals surface area contributed by atoms with Gasteiger partial charge in [0, 0.05) is 24.0 Å². The van der Waals surface area contributed by atoms with Gasteiger partial charge in [0.15, 0.2) is 0 Å². The summed E-state index contributed by atoms with van der Waals surface area (Å²) in [7, 11) is 0. The molecule has 0 aliphatic rings. The second-order valence-corrected chi connectivity index (χ2v) is 4.20. The van der Waals surface area contributed by atoms with E-state index in [9.17, 15) is 4.79 Å². The van der Waals surface area contributed by atoms with Crippen molar-refractivity contribution >= 4 is 11.4 Å². The molecular formula is C14H15N3O. The zero-order chi connectivity index (χ0) is 13.0. The molecule has 1 amide bonds. The summed E-state index contributed by atoms with van der Waals surface area (Å²) in [6, 6.07) is 9.64. The minimum Gasteiger partial charge on any atom is -0.348 e. The van der Waals surface area contributed by atoms with Crippen LogP contribution < -0.4 is 5.32 Å². The number of nitrogens with one attached hydrogen (secondary N) is 1. The number of hydrogen-bond donors (Lipinski definition) is 1. The average molecular weight is 241 g/mol. The fraction of sp³-hybridized carbons (Fsp3) is 0.286. The molecule has 4 nitrogen and oxygen atoms in total. The van der Waals surface area contributed by atoms with Crippen LogP contribution in [0.3, 0.4) is 0 Å². The standard InChI is InChI=1S/C14H15N3O/c1-2-12(6-7-15)16-14(18)11-9-13-5-3-4-8-17(13)10-11/h3-5,8-10,12H,2,6H2,1H3,(H,16,18)/t12-/m1/s1. The van der Waals surface area contributed by atoms with Crippen molar-refractivity contribution in [2.24, 2.45) is 0 Å². The van der Waals surface area contributed by atoms with E-state index in [1.54, 1.807) is 6.20 Å². The molecule has 2 heterocycles. The Morgan fingerprint density at radius 3 is 3.06 bits per heavy atom. The van der Waals surface area contributed by atoms with Gasteiger partial charge < -0.3 is 9.72 Å². The summed E-state index contributed by atoms with van der Waals surface area (Å²) < 4.78 is 1.90. The minimum absolute atomic E-state index is 0.0782. The number of nitrogens with zero attached hydrogens (tertiary/aromatic N) is 2. The molecule has 1 N–H and O–H groups in total. The van der Waals surface area contributed by atoms with Gasteiger partial charge in [-0.1, -0.05) is 13.0 Å². The first-order chi connectivity index (χ1) is 8.74. The molecule has 18 heavy (non-hydrogen) atoms. The van der Waals surface area contributed by atoms with E-state index in [1.807, 2.05) is 41.8 Å². The van der Waals surface area contributed by atoms with E-state index >= 15 is 0 Å². The third-order valence-corrected chi connectivity index (χ3v) is 2.93. The summed E-state index contributed by atoms with van der Waals surface area (Å²) in [5.41, 5.74) is 1.61. The number of pyridine rings is 1. The molecule has 0 fully saturated rings. The lowest BCUT2D eigenvalue weighted by atomic mass is 10.1. The molecule has 0 unspecified atom stereocenters. The Balaban J connectivity index is 2.16. The number of carbonyl (C=O) groups excluding carboxylic acids is 1. The van der Waals surface area contributed by atoms with Crippen molar-refractivity contribution in [1.82, 2.24) is 9.72 Å². The van der Waals surface area contributed by atoms with Crippen LogP contribution in [0.25, 0.3) is 5.52 Å². The zero-order valence-electron chi connectivity index (χ0n) is 10.3. The van der Waals surface area contributed by atoms with Crippen LogP contribution in [0.5, 0.6) is 0 Å². The van der Waals surface area contributed by atoms with Crippen molar-refractivity contribution in [2.75, 3.05) is 0 Å². The summed E-state index contributed by atoms with van der Waals surface area (Å²) >= 11 is 0. The van der Waals surface area contributed by atoms with Crippen molar-refractivity contribution in [3.63, 3.8) is 0 Å². The van der Waals surface area contributed by atoms with E-state index in [2.05, 4.69) is 11.4 Å². The van der Waals surface area contributed by atoms with Gasteiger partial charge in [0.1, 0.15) is 0 Å². The highest BCUT2D eigenvalue weighted by Crippen LogP contribution is 2.10. The van der Waals surface area contributed by atoms with Crippen molar-refractivity contribution < 1.29 is 4.79 Å². The molecule has 0 aliphatic heterocycles. The maximum absolute atomic E-state index is 12.0. The molecule has 0 bridgehead atoms. The van der Waals surface area contributed by atoms with Gasteiger partial charge >= 0.3 is 0 Å². The number of carbonyl (C=O) groups is 1. The minimum atomic E-state index is -0.124. The molecule has 92 valence electrons. The smallest absolute Gasteiger partial charge is 0.253 e. The first-order valence-electron chi connectivity index (χ1n) is 5.99. The highest BCUT2D eigenvalue weighted by atomic mass is 16.1. The Bertz CT molecular complexity index is 561. The monoisotopic (exact) mass is 241 g/mol. The van der Waals surface area contributed by atoms with Crippen LogP contribution in [-0.4, -0.2) is 16.3 Å². The molecule has 4 heteroatoms. The Kier molecular flexibility index (Phi) is 3.63. The molecule has 1 atom stereocenters. The maximum atomic E-state index is 12.0. The normalized spacial score (nSPS) is 12.0. The first-order valence-corrected chi connectivity index (χ1v) is 5.99. The van der Waals surface area contributed by atoms with Crippen molar-refractivity contribution in [3.8, 4) is 6.07 Å². The molecular weight excluding hydrogens is 226 g/mol. The van der Waals surface area contributed by atoms with Crippen molar-refractivity contribution in [1.29, 1.82) is 5.26 Å². The number of amides is 1. The lowest BCUT2D eigenvalue weighted by Gasteiger charge is -2.12. The SMILES string of the molecule is CC[C@H](CC#N)NC(=O)c1cc2ccccn2c1. The molecule has 0 aromatic carbocycles. The van der Waals surface area contributed by atoms with Gasteiger partial charge in [0.2, 0.25) is 0 Å². The average Bonchev–Trinajstić information content (AvgIpc) is 2.82. The van der Waals surface area contributed by atoms with E-state index in [0.29, 0.717) is 12.0 Å². The summed E-state index contributed by atoms with van der Waals surface area (Å²) in [6.45, 7) is 1.96. The lowest BCUT2D eigenvalue weighted by molar-refractivity contribution is 0.0937. The Morgan fingerprint density at radius 2 is 2.39 bits per heavy atom. The van der Waals surface area contributed by atoms with Crippen LogP contribution in [0.1, 0.15) is 30.1 Å². The van der Waals surface area contributed by atoms with Crippen molar-refractivity contribution in [3.05, 3.63) is 42.2 Å². The summed E-state index contributed by atoms with van der Waals surface area (Å²) in [5, 5.41) is 11.5. The Hall–Kier alpha value is -2.28. The van der Waals surface area contributed by atoms with Gasteiger partial charge in [-0.15, -0.1) is 0 Å². The molecule has 2 aromatic heterocycles. The van der Waals surface area contributed by atoms with E-state index in [1.165, 1.54) is 0 Å². The number of nitriles is 1. The van der Waals surface area contributed by atoms with Crippen LogP contribution >= 0.6 is 0 Å². The van der Waals surface area contributed by atoms with Crippen molar-refractivity contribution in [2.45, 2.75) is 25.8 Å². The van der Waals surface area contributed by atoms with Gasteiger partial charge in [0.25, 0.3) is 5.91 Å². The van der Waals surface area contributed by atoms with Crippen LogP contribution in [-0.2, 0) is 0 Å². The van der Waals surface area contributed by atoms with Gasteiger partial charge in [0.05, 0.1) is 18.1 Å². The second-order valence-electron chi connectivity index (χ2n) is 4.20. The van der Waals surface area contributed by atoms with Crippen LogP contribution in [0.15, 0.2) is 36.7 Å². The van der Waals surface area contributed by atoms with Gasteiger partial charge in [-0.05, 0) is 24.6 Å². The highest BCUT2D eigenvalue weighted by Gasteiger charge is 2.13. The van der Waals surface area contributed by atoms with E-state index in [-0.39, 0.29) is 11.9 Å². The number of rotatable bonds is 4. The molecule has 2 rings (SSSR count). The Morgan fingerprint density at radius 1 is 1.56 bits per heavy atom. The molecule has 0 aliphatic carbocycles. The Labute approximate surface area is 106 Å². The van der Waals surface area contributed by atoms with Gasteiger partial charge in [-0.2, -0.15) is 5.26 Å². The summed E-state index contributed by atoms with van der Waals surface area (Å²) in [4.78, 5) is 12.0. The maximum Gasteiger partial charge on any atom is 0.253 e. The molecule has 0 saturated heterocycles. The number of aromatic nitrogens is 1. The summed E-state index contributed by atoms with van der Waals surface area (Å²) in [6.07, 6.45) is 4.80. The molecule has 0 radical (unpaired) electrons. The molecule has 2 aromatic rings. The van der Waals surface area contributed by atoms with Crippen LogP contribution in [0, 0.1) is 11.3 Å². The van der Waals surface area contributed by atoms with Crippen LogP contribution in [0.2, 0.25) is 0 Å². The zero-order valence-corrected chi connectivity index (χ0v) is 10.3. The van der Waals surface area contributed by atoms with Crippen LogP contribution in [0.4, 0.5) is 0 Å². The first kappa shape index (κ1) is 12.2. The van der Waals surface area contributed by atoms with E-state index in [4.69, 9.17) is 5.26 Å². The predicted molar refractivity (Wildman–Crippen MR) is 69.2 cm³/mol. The molecule has 0 spiro atoms. The molecule has 0 saturated carbocycles.